The molecule has 1 amide bonds. The Balaban J connectivity index is 2.44. The predicted molar refractivity (Wildman–Crippen MR) is 70.4 cm³/mol. The fourth-order valence-corrected chi connectivity index (χ4v) is 2.13. The highest BCUT2D eigenvalue weighted by atomic mass is 16.2. The minimum Gasteiger partial charge on any atom is -0.360 e. The van der Waals surface area contributed by atoms with Gasteiger partial charge in [0.05, 0.1) is 11.4 Å². The topological polar surface area (TPSA) is 58.4 Å². The number of nitrogens with one attached hydrogen (secondary N) is 1. The summed E-state index contributed by atoms with van der Waals surface area (Å²) in [7, 11) is 1.92. The van der Waals surface area contributed by atoms with Crippen molar-refractivity contribution in [2.45, 2.75) is 25.8 Å². The molecule has 92 valence electrons. The third kappa shape index (κ3) is 2.00. The molecule has 4 nitrogen and oxygen atoms in total. The van der Waals surface area contributed by atoms with E-state index >= 15 is 0 Å². The quantitative estimate of drug-likeness (QED) is 0.814. The van der Waals surface area contributed by atoms with E-state index in [1.54, 1.807) is 0 Å². The fourth-order valence-electron chi connectivity index (χ4n) is 2.13. The van der Waals surface area contributed by atoms with Crippen molar-refractivity contribution in [3.05, 3.63) is 23.8 Å². The van der Waals surface area contributed by atoms with Crippen LogP contribution in [0.4, 0.5) is 11.4 Å². The molecule has 1 heterocycles. The SMILES string of the molecule is CC(C)c1ccc2c(c1)N(C)C(CN)C(=O)N2. The number of carbonyl (C=O) groups is 1. The Morgan fingerprint density at radius 3 is 2.76 bits per heavy atom. The summed E-state index contributed by atoms with van der Waals surface area (Å²) in [6, 6.07) is 5.87. The summed E-state index contributed by atoms with van der Waals surface area (Å²) in [5.74, 6) is 0.447. The van der Waals surface area contributed by atoms with E-state index in [9.17, 15) is 4.79 Å². The summed E-state index contributed by atoms with van der Waals surface area (Å²) in [5, 5.41) is 2.90. The van der Waals surface area contributed by atoms with Gasteiger partial charge in [0.15, 0.2) is 0 Å². The van der Waals surface area contributed by atoms with Gasteiger partial charge in [-0.05, 0) is 23.6 Å². The average Bonchev–Trinajstić information content (AvgIpc) is 2.29. The lowest BCUT2D eigenvalue weighted by Crippen LogP contribution is -2.50. The van der Waals surface area contributed by atoms with Gasteiger partial charge in [-0.15, -0.1) is 0 Å². The van der Waals surface area contributed by atoms with Gasteiger partial charge in [0.1, 0.15) is 6.04 Å². The number of benzene rings is 1. The number of hydrogen-bond acceptors (Lipinski definition) is 3. The zero-order valence-corrected chi connectivity index (χ0v) is 10.5. The predicted octanol–water partition coefficient (Wildman–Crippen LogP) is 1.53. The van der Waals surface area contributed by atoms with E-state index in [-0.39, 0.29) is 11.9 Å². The van der Waals surface area contributed by atoms with Crippen LogP contribution in [-0.4, -0.2) is 25.5 Å². The van der Waals surface area contributed by atoms with E-state index in [1.165, 1.54) is 5.56 Å². The summed E-state index contributed by atoms with van der Waals surface area (Å²) >= 11 is 0. The summed E-state index contributed by atoms with van der Waals surface area (Å²) in [4.78, 5) is 13.7. The van der Waals surface area contributed by atoms with E-state index in [4.69, 9.17) is 5.73 Å². The van der Waals surface area contributed by atoms with Crippen LogP contribution in [0.2, 0.25) is 0 Å². The molecule has 0 aromatic heterocycles. The maximum absolute atomic E-state index is 11.8. The Bertz CT molecular complexity index is 442. The smallest absolute Gasteiger partial charge is 0.248 e. The molecule has 0 aliphatic carbocycles. The highest BCUT2D eigenvalue weighted by Crippen LogP contribution is 2.33. The molecule has 1 unspecified atom stereocenters. The number of likely N-dealkylation sites (N-methyl/N-ethyl adjacent to an activating group) is 1. The van der Waals surface area contributed by atoms with E-state index < -0.39 is 0 Å². The van der Waals surface area contributed by atoms with Crippen molar-refractivity contribution in [1.29, 1.82) is 0 Å². The highest BCUT2D eigenvalue weighted by molar-refractivity contribution is 6.03. The third-order valence-electron chi connectivity index (χ3n) is 3.32. The molecule has 17 heavy (non-hydrogen) atoms. The van der Waals surface area contributed by atoms with Crippen LogP contribution in [0, 0.1) is 0 Å². The molecule has 0 fully saturated rings. The first kappa shape index (κ1) is 11.9. The minimum absolute atomic E-state index is 0.0280. The van der Waals surface area contributed by atoms with Crippen molar-refractivity contribution in [2.24, 2.45) is 5.73 Å². The number of nitrogens with two attached hydrogens (primary N) is 1. The van der Waals surface area contributed by atoms with Crippen LogP contribution in [-0.2, 0) is 4.79 Å². The number of amides is 1. The maximum Gasteiger partial charge on any atom is 0.248 e. The van der Waals surface area contributed by atoms with Crippen LogP contribution in [0.3, 0.4) is 0 Å². The average molecular weight is 233 g/mol. The second kappa shape index (κ2) is 4.37. The van der Waals surface area contributed by atoms with Gasteiger partial charge in [-0.1, -0.05) is 19.9 Å². The van der Waals surface area contributed by atoms with Crippen molar-refractivity contribution in [3.8, 4) is 0 Å². The first-order valence-corrected chi connectivity index (χ1v) is 5.92. The van der Waals surface area contributed by atoms with Gasteiger partial charge < -0.3 is 16.0 Å². The van der Waals surface area contributed by atoms with Crippen molar-refractivity contribution in [3.63, 3.8) is 0 Å². The van der Waals surface area contributed by atoms with Crippen LogP contribution in [0.25, 0.3) is 0 Å². The van der Waals surface area contributed by atoms with E-state index in [2.05, 4.69) is 31.3 Å². The van der Waals surface area contributed by atoms with Gasteiger partial charge in [0.25, 0.3) is 0 Å². The monoisotopic (exact) mass is 233 g/mol. The molecule has 1 aliphatic heterocycles. The van der Waals surface area contributed by atoms with Crippen LogP contribution < -0.4 is 16.0 Å². The van der Waals surface area contributed by atoms with Crippen LogP contribution in [0.5, 0.6) is 0 Å². The Morgan fingerprint density at radius 2 is 2.18 bits per heavy atom. The lowest BCUT2D eigenvalue weighted by atomic mass is 9.99. The molecular formula is C13H19N3O. The fraction of sp³-hybridized carbons (Fsp3) is 0.462. The Morgan fingerprint density at radius 1 is 1.47 bits per heavy atom. The molecule has 0 bridgehead atoms. The number of anilines is 2. The molecule has 4 heteroatoms. The number of hydrogen-bond donors (Lipinski definition) is 2. The molecule has 1 aromatic rings. The summed E-state index contributed by atoms with van der Waals surface area (Å²) in [6.45, 7) is 4.64. The standard InChI is InChI=1S/C13H19N3O/c1-8(2)9-4-5-10-11(6-9)16(3)12(7-14)13(17)15-10/h4-6,8,12H,7,14H2,1-3H3,(H,15,17). The number of fused-ring (bicyclic) bond motifs is 1. The third-order valence-corrected chi connectivity index (χ3v) is 3.32. The Hall–Kier alpha value is -1.55. The summed E-state index contributed by atoms with van der Waals surface area (Å²) in [6.07, 6.45) is 0. The van der Waals surface area contributed by atoms with Crippen LogP contribution in [0.1, 0.15) is 25.3 Å². The molecule has 3 N–H and O–H groups in total. The normalized spacial score (nSPS) is 19.2. The van der Waals surface area contributed by atoms with Crippen LogP contribution >= 0.6 is 0 Å². The molecule has 1 atom stereocenters. The molecule has 0 radical (unpaired) electrons. The van der Waals surface area contributed by atoms with E-state index in [1.807, 2.05) is 18.0 Å². The number of rotatable bonds is 2. The maximum atomic E-state index is 11.8. The van der Waals surface area contributed by atoms with Gasteiger partial charge in [0, 0.05) is 13.6 Å². The second-order valence-corrected chi connectivity index (χ2v) is 4.78. The number of nitrogens with zero attached hydrogens (tertiary/aromatic N) is 1. The van der Waals surface area contributed by atoms with Crippen molar-refractivity contribution < 1.29 is 4.79 Å². The van der Waals surface area contributed by atoms with E-state index in [0.717, 1.165) is 11.4 Å². The number of carbonyl (C=O) groups excluding carboxylic acids is 1. The van der Waals surface area contributed by atoms with Gasteiger partial charge in [-0.2, -0.15) is 0 Å². The first-order chi connectivity index (χ1) is 8.04. The largest absolute Gasteiger partial charge is 0.360 e. The molecule has 1 aromatic carbocycles. The molecule has 0 spiro atoms. The van der Waals surface area contributed by atoms with Gasteiger partial charge in [0.2, 0.25) is 5.91 Å². The molecule has 1 aliphatic rings. The van der Waals surface area contributed by atoms with Gasteiger partial charge in [-0.25, -0.2) is 0 Å². The second-order valence-electron chi connectivity index (χ2n) is 4.78. The van der Waals surface area contributed by atoms with Crippen LogP contribution in [0.15, 0.2) is 18.2 Å². The summed E-state index contributed by atoms with van der Waals surface area (Å²) < 4.78 is 0. The first-order valence-electron chi connectivity index (χ1n) is 5.92. The zero-order chi connectivity index (χ0) is 12.6. The lowest BCUT2D eigenvalue weighted by molar-refractivity contribution is -0.117. The highest BCUT2D eigenvalue weighted by Gasteiger charge is 2.29. The van der Waals surface area contributed by atoms with E-state index in [0.29, 0.717) is 12.5 Å². The molecular weight excluding hydrogens is 214 g/mol. The molecule has 0 saturated carbocycles. The van der Waals surface area contributed by atoms with Crippen molar-refractivity contribution in [2.75, 3.05) is 23.8 Å². The lowest BCUT2D eigenvalue weighted by Gasteiger charge is -2.35. The van der Waals surface area contributed by atoms with Gasteiger partial charge in [-0.3, -0.25) is 4.79 Å². The minimum atomic E-state index is -0.273. The zero-order valence-electron chi connectivity index (χ0n) is 10.5. The van der Waals surface area contributed by atoms with Gasteiger partial charge >= 0.3 is 0 Å². The molecule has 2 rings (SSSR count). The Labute approximate surface area is 102 Å². The van der Waals surface area contributed by atoms with Crippen molar-refractivity contribution >= 4 is 17.3 Å². The Kier molecular flexibility index (Phi) is 3.07. The van der Waals surface area contributed by atoms with Crippen molar-refractivity contribution in [1.82, 2.24) is 0 Å². The molecule has 0 saturated heterocycles. The summed E-state index contributed by atoms with van der Waals surface area (Å²) in [5.41, 5.74) is 8.82.